The van der Waals surface area contributed by atoms with Crippen molar-refractivity contribution in [3.8, 4) is 11.5 Å². The van der Waals surface area contributed by atoms with Crippen LogP contribution in [0.5, 0.6) is 11.5 Å². The van der Waals surface area contributed by atoms with Gasteiger partial charge in [0.05, 0.1) is 5.69 Å². The van der Waals surface area contributed by atoms with E-state index in [0.29, 0.717) is 11.3 Å². The molecule has 0 aliphatic carbocycles. The van der Waals surface area contributed by atoms with Gasteiger partial charge in [0.1, 0.15) is 11.5 Å². The molecular weight excluding hydrogens is 424 g/mol. The first-order chi connectivity index (χ1) is 13.0. The third-order valence-electron chi connectivity index (χ3n) is 3.70. The molecular formula is C21H17BrN2O2S. The molecule has 3 rings (SSSR count). The molecule has 0 aromatic heterocycles. The monoisotopic (exact) mass is 440 g/mol. The summed E-state index contributed by atoms with van der Waals surface area (Å²) in [6.45, 7) is 2.00. The molecule has 0 aliphatic rings. The number of amides is 1. The van der Waals surface area contributed by atoms with Crippen LogP contribution in [-0.4, -0.2) is 11.0 Å². The Morgan fingerprint density at radius 1 is 0.963 bits per heavy atom. The molecule has 4 nitrogen and oxygen atoms in total. The number of hydrogen-bond acceptors (Lipinski definition) is 3. The zero-order valence-electron chi connectivity index (χ0n) is 14.5. The lowest BCUT2D eigenvalue weighted by molar-refractivity contribution is 0.0977. The van der Waals surface area contributed by atoms with E-state index >= 15 is 0 Å². The van der Waals surface area contributed by atoms with Crippen molar-refractivity contribution in [2.45, 2.75) is 6.92 Å². The van der Waals surface area contributed by atoms with Gasteiger partial charge in [-0.15, -0.1) is 0 Å². The average molecular weight is 441 g/mol. The number of benzene rings is 3. The molecule has 0 heterocycles. The van der Waals surface area contributed by atoms with Gasteiger partial charge in [-0.25, -0.2) is 0 Å². The Kier molecular flexibility index (Phi) is 6.21. The van der Waals surface area contributed by atoms with Crippen LogP contribution in [0.2, 0.25) is 0 Å². The minimum atomic E-state index is -0.290. The molecule has 0 bridgehead atoms. The van der Waals surface area contributed by atoms with Crippen LogP contribution in [-0.2, 0) is 0 Å². The smallest absolute Gasteiger partial charge is 0.257 e. The largest absolute Gasteiger partial charge is 0.457 e. The first-order valence-corrected chi connectivity index (χ1v) is 9.43. The minimum Gasteiger partial charge on any atom is -0.457 e. The number of ether oxygens (including phenoxy) is 1. The number of hydrogen-bond donors (Lipinski definition) is 2. The highest BCUT2D eigenvalue weighted by atomic mass is 79.9. The van der Waals surface area contributed by atoms with Crippen molar-refractivity contribution in [3.63, 3.8) is 0 Å². The molecule has 6 heteroatoms. The summed E-state index contributed by atoms with van der Waals surface area (Å²) < 4.78 is 6.60. The zero-order valence-corrected chi connectivity index (χ0v) is 16.9. The summed E-state index contributed by atoms with van der Waals surface area (Å²) >= 11 is 8.70. The highest BCUT2D eigenvalue weighted by Gasteiger charge is 2.09. The Morgan fingerprint density at radius 2 is 1.63 bits per heavy atom. The Morgan fingerprint density at radius 3 is 2.30 bits per heavy atom. The fourth-order valence-corrected chi connectivity index (χ4v) is 3.14. The van der Waals surface area contributed by atoms with E-state index in [4.69, 9.17) is 17.0 Å². The summed E-state index contributed by atoms with van der Waals surface area (Å²) in [4.78, 5) is 12.4. The molecule has 0 fully saturated rings. The van der Waals surface area contributed by atoms with E-state index in [1.54, 1.807) is 24.3 Å². The van der Waals surface area contributed by atoms with E-state index in [1.807, 2.05) is 55.5 Å². The van der Waals surface area contributed by atoms with Gasteiger partial charge >= 0.3 is 0 Å². The summed E-state index contributed by atoms with van der Waals surface area (Å²) in [5, 5.41) is 5.92. The number of carbonyl (C=O) groups is 1. The first kappa shape index (κ1) is 19.1. The molecule has 0 unspecified atom stereocenters. The fourth-order valence-electron chi connectivity index (χ4n) is 2.35. The highest BCUT2D eigenvalue weighted by molar-refractivity contribution is 9.10. The number of aryl methyl sites for hydroxylation is 1. The minimum absolute atomic E-state index is 0.231. The van der Waals surface area contributed by atoms with Crippen LogP contribution < -0.4 is 15.4 Å². The molecule has 136 valence electrons. The van der Waals surface area contributed by atoms with E-state index in [0.717, 1.165) is 21.5 Å². The Labute approximate surface area is 171 Å². The van der Waals surface area contributed by atoms with Crippen molar-refractivity contribution in [1.29, 1.82) is 0 Å². The fraction of sp³-hybridized carbons (Fsp3) is 0.0476. The van der Waals surface area contributed by atoms with Crippen LogP contribution in [0.1, 0.15) is 15.9 Å². The van der Waals surface area contributed by atoms with E-state index in [2.05, 4.69) is 26.6 Å². The molecule has 3 aromatic carbocycles. The van der Waals surface area contributed by atoms with Gasteiger partial charge in [-0.1, -0.05) is 24.3 Å². The Bertz CT molecular complexity index is 960. The predicted molar refractivity (Wildman–Crippen MR) is 116 cm³/mol. The molecule has 0 aliphatic heterocycles. The number of nitrogens with one attached hydrogen (secondary N) is 2. The van der Waals surface area contributed by atoms with Crippen LogP contribution >= 0.6 is 28.1 Å². The van der Waals surface area contributed by atoms with Crippen LogP contribution in [0.15, 0.2) is 77.3 Å². The van der Waals surface area contributed by atoms with Gasteiger partial charge < -0.3 is 10.1 Å². The maximum absolute atomic E-state index is 12.4. The van der Waals surface area contributed by atoms with Crippen LogP contribution in [0, 0.1) is 6.92 Å². The van der Waals surface area contributed by atoms with Crippen molar-refractivity contribution < 1.29 is 9.53 Å². The maximum atomic E-state index is 12.4. The molecule has 2 N–H and O–H groups in total. The highest BCUT2D eigenvalue weighted by Crippen LogP contribution is 2.23. The second kappa shape index (κ2) is 8.79. The lowest BCUT2D eigenvalue weighted by Gasteiger charge is -2.12. The number of thiocarbonyl (C=S) groups is 1. The number of halogens is 1. The van der Waals surface area contributed by atoms with Gasteiger partial charge in [0.2, 0.25) is 0 Å². The Balaban J connectivity index is 1.59. The van der Waals surface area contributed by atoms with E-state index in [9.17, 15) is 4.79 Å². The summed E-state index contributed by atoms with van der Waals surface area (Å²) in [6.07, 6.45) is 0. The SMILES string of the molecule is Cc1ccc(NC(=S)NC(=O)c2ccc(Oc3ccccc3)cc2)c(Br)c1. The van der Waals surface area contributed by atoms with E-state index in [1.165, 1.54) is 0 Å². The third-order valence-corrected chi connectivity index (χ3v) is 4.56. The summed E-state index contributed by atoms with van der Waals surface area (Å²) in [7, 11) is 0. The standard InChI is InChI=1S/C21H17BrN2O2S/c1-14-7-12-19(18(22)13-14)23-21(27)24-20(25)15-8-10-17(11-9-15)26-16-5-3-2-4-6-16/h2-13H,1H3,(H2,23,24,25,27). The molecule has 0 saturated heterocycles. The predicted octanol–water partition coefficient (Wildman–Crippen LogP) is 5.68. The maximum Gasteiger partial charge on any atom is 0.257 e. The zero-order chi connectivity index (χ0) is 19.2. The molecule has 0 radical (unpaired) electrons. The second-order valence-corrected chi connectivity index (χ2v) is 7.09. The van der Waals surface area contributed by atoms with Crippen LogP contribution in [0.4, 0.5) is 5.69 Å². The molecule has 0 saturated carbocycles. The van der Waals surface area contributed by atoms with Gasteiger partial charge in [-0.3, -0.25) is 10.1 Å². The second-order valence-electron chi connectivity index (χ2n) is 5.83. The number of rotatable bonds is 4. The molecule has 1 amide bonds. The number of para-hydroxylation sites is 1. The summed E-state index contributed by atoms with van der Waals surface area (Å²) in [5.41, 5.74) is 2.40. The third kappa shape index (κ3) is 5.39. The topological polar surface area (TPSA) is 50.4 Å². The van der Waals surface area contributed by atoms with Gasteiger partial charge in [0, 0.05) is 10.0 Å². The number of anilines is 1. The number of carbonyl (C=O) groups excluding carboxylic acids is 1. The molecule has 0 spiro atoms. The van der Waals surface area contributed by atoms with Crippen molar-refractivity contribution in [2.24, 2.45) is 0 Å². The van der Waals surface area contributed by atoms with Gasteiger partial charge in [-0.2, -0.15) is 0 Å². The van der Waals surface area contributed by atoms with Crippen LogP contribution in [0.3, 0.4) is 0 Å². The first-order valence-electron chi connectivity index (χ1n) is 8.23. The van der Waals surface area contributed by atoms with Crippen molar-refractivity contribution in [1.82, 2.24) is 5.32 Å². The van der Waals surface area contributed by atoms with E-state index in [-0.39, 0.29) is 11.0 Å². The van der Waals surface area contributed by atoms with Crippen LogP contribution in [0.25, 0.3) is 0 Å². The normalized spacial score (nSPS) is 10.1. The van der Waals surface area contributed by atoms with E-state index < -0.39 is 0 Å². The summed E-state index contributed by atoms with van der Waals surface area (Å²) in [6, 6.07) is 22.2. The molecule has 3 aromatic rings. The lowest BCUT2D eigenvalue weighted by atomic mass is 10.2. The lowest BCUT2D eigenvalue weighted by Crippen LogP contribution is -2.34. The van der Waals surface area contributed by atoms with Gasteiger partial charge in [-0.05, 0) is 89.2 Å². The van der Waals surface area contributed by atoms with Crippen molar-refractivity contribution in [2.75, 3.05) is 5.32 Å². The average Bonchev–Trinajstić information content (AvgIpc) is 2.65. The van der Waals surface area contributed by atoms with Crippen molar-refractivity contribution in [3.05, 3.63) is 88.4 Å². The van der Waals surface area contributed by atoms with Gasteiger partial charge in [0.25, 0.3) is 5.91 Å². The Hall–Kier alpha value is -2.70. The van der Waals surface area contributed by atoms with Gasteiger partial charge in [0.15, 0.2) is 5.11 Å². The van der Waals surface area contributed by atoms with Crippen molar-refractivity contribution >= 4 is 44.9 Å². The molecule has 27 heavy (non-hydrogen) atoms. The quantitative estimate of drug-likeness (QED) is 0.512. The summed E-state index contributed by atoms with van der Waals surface area (Å²) in [5.74, 6) is 1.10. The molecule has 0 atom stereocenters.